The number of benzene rings is 1. The molecule has 0 saturated carbocycles. The summed E-state index contributed by atoms with van der Waals surface area (Å²) >= 11 is 0. The number of carbonyl (C=O) groups excluding carboxylic acids is 1. The van der Waals surface area contributed by atoms with Crippen LogP contribution in [0.4, 0.5) is 11.4 Å². The van der Waals surface area contributed by atoms with E-state index in [9.17, 15) is 15.0 Å². The molecule has 2 rings (SSSR count). The zero-order valence-corrected chi connectivity index (χ0v) is 10.0. The maximum Gasteiger partial charge on any atom is 0.337 e. The Morgan fingerprint density at radius 3 is 2.56 bits per heavy atom. The highest BCUT2D eigenvalue weighted by Gasteiger charge is 2.30. The third-order valence-corrected chi connectivity index (χ3v) is 3.05. The quantitative estimate of drug-likeness (QED) is 0.489. The van der Waals surface area contributed by atoms with Gasteiger partial charge in [0.1, 0.15) is 0 Å². The number of nitrogen functional groups attached to an aromatic ring is 1. The lowest BCUT2D eigenvalue weighted by molar-refractivity contribution is 0.0572. The average molecular weight is 252 g/mol. The van der Waals surface area contributed by atoms with E-state index in [1.807, 2.05) is 0 Å². The van der Waals surface area contributed by atoms with E-state index in [0.29, 0.717) is 16.9 Å². The van der Waals surface area contributed by atoms with Gasteiger partial charge in [-0.3, -0.25) is 0 Å². The molecule has 0 amide bonds. The smallest absolute Gasteiger partial charge is 0.337 e. The Bertz CT molecular complexity index is 453. The van der Waals surface area contributed by atoms with E-state index in [-0.39, 0.29) is 13.1 Å². The summed E-state index contributed by atoms with van der Waals surface area (Å²) < 4.78 is 4.64. The third-order valence-electron chi connectivity index (χ3n) is 3.05. The van der Waals surface area contributed by atoms with E-state index in [2.05, 4.69) is 4.74 Å². The lowest BCUT2D eigenvalue weighted by Gasteiger charge is -2.20. The summed E-state index contributed by atoms with van der Waals surface area (Å²) in [5, 5.41) is 19.0. The Labute approximate surface area is 105 Å². The Morgan fingerprint density at radius 1 is 1.39 bits per heavy atom. The number of ether oxygens (including phenoxy) is 1. The van der Waals surface area contributed by atoms with E-state index >= 15 is 0 Å². The van der Waals surface area contributed by atoms with Crippen molar-refractivity contribution < 1.29 is 19.7 Å². The molecule has 1 aromatic carbocycles. The summed E-state index contributed by atoms with van der Waals surface area (Å²) in [6.45, 7) is 0.575. The van der Waals surface area contributed by atoms with E-state index in [0.717, 1.165) is 0 Å². The molecule has 4 N–H and O–H groups in total. The van der Waals surface area contributed by atoms with E-state index in [1.54, 1.807) is 23.1 Å². The molecule has 6 nitrogen and oxygen atoms in total. The fraction of sp³-hybridized carbons (Fsp3) is 0.417. The van der Waals surface area contributed by atoms with E-state index < -0.39 is 18.2 Å². The fourth-order valence-electron chi connectivity index (χ4n) is 2.03. The molecule has 18 heavy (non-hydrogen) atoms. The number of carbonyl (C=O) groups is 1. The lowest BCUT2D eigenvalue weighted by Crippen LogP contribution is -2.22. The summed E-state index contributed by atoms with van der Waals surface area (Å²) in [4.78, 5) is 13.2. The number of rotatable bonds is 2. The van der Waals surface area contributed by atoms with Crippen LogP contribution in [-0.2, 0) is 4.74 Å². The molecule has 2 atom stereocenters. The molecular formula is C12H16N2O4. The molecule has 6 heteroatoms. The van der Waals surface area contributed by atoms with Gasteiger partial charge >= 0.3 is 5.97 Å². The largest absolute Gasteiger partial charge is 0.465 e. The molecule has 0 aliphatic carbocycles. The van der Waals surface area contributed by atoms with Crippen molar-refractivity contribution in [2.45, 2.75) is 12.2 Å². The molecule has 1 fully saturated rings. The molecule has 98 valence electrons. The SMILES string of the molecule is COC(=O)c1ccc(N)c(N2CC(O)C(O)C2)c1. The summed E-state index contributed by atoms with van der Waals surface area (Å²) in [5.41, 5.74) is 7.34. The molecule has 1 aliphatic heterocycles. The maximum absolute atomic E-state index is 11.4. The number of aliphatic hydroxyl groups excluding tert-OH is 2. The van der Waals surface area contributed by atoms with Crippen LogP contribution in [0.1, 0.15) is 10.4 Å². The van der Waals surface area contributed by atoms with Gasteiger partial charge in [-0.2, -0.15) is 0 Å². The van der Waals surface area contributed by atoms with Crippen LogP contribution in [-0.4, -0.2) is 48.6 Å². The van der Waals surface area contributed by atoms with Gasteiger partial charge in [0.25, 0.3) is 0 Å². The second-order valence-corrected chi connectivity index (χ2v) is 4.30. The average Bonchev–Trinajstić information content (AvgIpc) is 2.69. The first-order chi connectivity index (χ1) is 8.52. The number of β-amino-alcohol motifs (C(OH)–C–C–N with tert-alkyl or cyclic N) is 2. The predicted molar refractivity (Wildman–Crippen MR) is 66.4 cm³/mol. The van der Waals surface area contributed by atoms with Gasteiger partial charge in [-0.1, -0.05) is 0 Å². The predicted octanol–water partition coefficient (Wildman–Crippen LogP) is -0.403. The second kappa shape index (κ2) is 4.83. The highest BCUT2D eigenvalue weighted by molar-refractivity contribution is 5.92. The van der Waals surface area contributed by atoms with Crippen LogP contribution in [0.15, 0.2) is 18.2 Å². The summed E-state index contributed by atoms with van der Waals surface area (Å²) in [7, 11) is 1.31. The Kier molecular flexibility index (Phi) is 3.40. The molecule has 1 aliphatic rings. The van der Waals surface area contributed by atoms with E-state index in [4.69, 9.17) is 5.73 Å². The van der Waals surface area contributed by atoms with Gasteiger partial charge in [0, 0.05) is 13.1 Å². The van der Waals surface area contributed by atoms with Crippen LogP contribution in [0, 0.1) is 0 Å². The third kappa shape index (κ3) is 2.25. The zero-order valence-electron chi connectivity index (χ0n) is 10.0. The molecule has 2 unspecified atom stereocenters. The first kappa shape index (κ1) is 12.7. The normalized spacial score (nSPS) is 23.2. The van der Waals surface area contributed by atoms with Crippen molar-refractivity contribution >= 4 is 17.3 Å². The molecular weight excluding hydrogens is 236 g/mol. The fourth-order valence-corrected chi connectivity index (χ4v) is 2.03. The topological polar surface area (TPSA) is 96.0 Å². The van der Waals surface area contributed by atoms with Crippen molar-refractivity contribution in [3.8, 4) is 0 Å². The number of aliphatic hydroxyl groups is 2. The van der Waals surface area contributed by atoms with Crippen LogP contribution in [0.2, 0.25) is 0 Å². The van der Waals surface area contributed by atoms with Crippen molar-refractivity contribution in [1.29, 1.82) is 0 Å². The molecule has 1 saturated heterocycles. The summed E-state index contributed by atoms with van der Waals surface area (Å²) in [6.07, 6.45) is -1.60. The van der Waals surface area contributed by atoms with Gasteiger partial charge in [0.15, 0.2) is 0 Å². The first-order valence-corrected chi connectivity index (χ1v) is 5.62. The van der Waals surface area contributed by atoms with E-state index in [1.165, 1.54) is 7.11 Å². The van der Waals surface area contributed by atoms with Crippen LogP contribution in [0.25, 0.3) is 0 Å². The number of anilines is 2. The summed E-state index contributed by atoms with van der Waals surface area (Å²) in [6, 6.07) is 4.79. The Hall–Kier alpha value is -1.79. The first-order valence-electron chi connectivity index (χ1n) is 5.62. The second-order valence-electron chi connectivity index (χ2n) is 4.30. The van der Waals surface area contributed by atoms with Crippen molar-refractivity contribution in [1.82, 2.24) is 0 Å². The monoisotopic (exact) mass is 252 g/mol. The van der Waals surface area contributed by atoms with Crippen LogP contribution >= 0.6 is 0 Å². The number of hydrogen-bond donors (Lipinski definition) is 3. The molecule has 0 radical (unpaired) electrons. The molecule has 0 spiro atoms. The van der Waals surface area contributed by atoms with Gasteiger partial charge in [0.05, 0.1) is 36.3 Å². The highest BCUT2D eigenvalue weighted by Crippen LogP contribution is 2.28. The van der Waals surface area contributed by atoms with Crippen molar-refractivity contribution in [2.75, 3.05) is 30.8 Å². The Morgan fingerprint density at radius 2 is 2.00 bits per heavy atom. The van der Waals surface area contributed by atoms with Crippen molar-refractivity contribution in [2.24, 2.45) is 0 Å². The number of methoxy groups -OCH3 is 1. The zero-order chi connectivity index (χ0) is 13.3. The molecule has 1 heterocycles. The highest BCUT2D eigenvalue weighted by atomic mass is 16.5. The molecule has 0 aromatic heterocycles. The number of hydrogen-bond acceptors (Lipinski definition) is 6. The minimum absolute atomic E-state index is 0.288. The molecule has 0 bridgehead atoms. The summed E-state index contributed by atoms with van der Waals surface area (Å²) in [5.74, 6) is -0.448. The Balaban J connectivity index is 2.30. The van der Waals surface area contributed by atoms with Gasteiger partial charge < -0.3 is 25.6 Å². The van der Waals surface area contributed by atoms with Crippen LogP contribution < -0.4 is 10.6 Å². The number of nitrogens with two attached hydrogens (primary N) is 1. The van der Waals surface area contributed by atoms with Gasteiger partial charge in [-0.25, -0.2) is 4.79 Å². The number of nitrogens with zero attached hydrogens (tertiary/aromatic N) is 1. The lowest BCUT2D eigenvalue weighted by atomic mass is 10.1. The van der Waals surface area contributed by atoms with Crippen LogP contribution in [0.5, 0.6) is 0 Å². The van der Waals surface area contributed by atoms with Crippen LogP contribution in [0.3, 0.4) is 0 Å². The standard InChI is InChI=1S/C12H16N2O4/c1-18-12(17)7-2-3-8(13)9(4-7)14-5-10(15)11(16)6-14/h2-4,10-11,15-16H,5-6,13H2,1H3. The van der Waals surface area contributed by atoms with Gasteiger partial charge in [-0.15, -0.1) is 0 Å². The minimum Gasteiger partial charge on any atom is -0.465 e. The minimum atomic E-state index is -0.800. The molecule has 1 aromatic rings. The van der Waals surface area contributed by atoms with Crippen molar-refractivity contribution in [3.05, 3.63) is 23.8 Å². The maximum atomic E-state index is 11.4. The van der Waals surface area contributed by atoms with Gasteiger partial charge in [0.2, 0.25) is 0 Å². The van der Waals surface area contributed by atoms with Gasteiger partial charge in [-0.05, 0) is 18.2 Å². The van der Waals surface area contributed by atoms with Crippen molar-refractivity contribution in [3.63, 3.8) is 0 Å². The number of esters is 1.